The Morgan fingerprint density at radius 1 is 1.27 bits per heavy atom. The van der Waals surface area contributed by atoms with Crippen LogP contribution in [-0.2, 0) is 0 Å². The summed E-state index contributed by atoms with van der Waals surface area (Å²) in [5.74, 6) is 2.98. The molecule has 0 fully saturated rings. The highest BCUT2D eigenvalue weighted by Crippen LogP contribution is 1.95. The normalized spacial score (nSPS) is 11.8. The van der Waals surface area contributed by atoms with Crippen LogP contribution in [0.15, 0.2) is 4.99 Å². The molecule has 62 valence electrons. The highest BCUT2D eigenvalue weighted by atomic mass is 28.3. The van der Waals surface area contributed by atoms with Crippen LogP contribution < -0.4 is 0 Å². The Labute approximate surface area is 70.9 Å². The van der Waals surface area contributed by atoms with E-state index < -0.39 is 8.07 Å². The predicted molar refractivity (Wildman–Crippen MR) is 54.8 cm³/mol. The van der Waals surface area contributed by atoms with Gasteiger partial charge in [0.25, 0.3) is 0 Å². The second-order valence-electron chi connectivity index (χ2n) is 3.89. The first-order valence-electron chi connectivity index (χ1n) is 3.96. The third kappa shape index (κ3) is 9.45. The van der Waals surface area contributed by atoms with Crippen LogP contribution in [0.4, 0.5) is 0 Å². The molecule has 0 unspecified atom stereocenters. The summed E-state index contributed by atoms with van der Waals surface area (Å²) in [4.78, 5) is 4.15. The van der Waals surface area contributed by atoms with Crippen molar-refractivity contribution in [3.63, 3.8) is 0 Å². The fourth-order valence-electron chi connectivity index (χ4n) is 0.435. The van der Waals surface area contributed by atoms with Gasteiger partial charge < -0.3 is 0 Å². The average Bonchev–Trinajstić information content (AvgIpc) is 1.78. The quantitative estimate of drug-likeness (QED) is 0.323. The first kappa shape index (κ1) is 10.4. The largest absolute Gasteiger partial charge is 0.281 e. The highest BCUT2D eigenvalue weighted by molar-refractivity contribution is 6.84. The zero-order valence-corrected chi connectivity index (χ0v) is 9.10. The van der Waals surface area contributed by atoms with Crippen molar-refractivity contribution in [3.05, 3.63) is 0 Å². The maximum Gasteiger partial charge on any atom is 0.129 e. The van der Waals surface area contributed by atoms with Gasteiger partial charge in [-0.2, -0.15) is 0 Å². The molecule has 0 aromatic heterocycles. The van der Waals surface area contributed by atoms with Gasteiger partial charge in [-0.1, -0.05) is 25.6 Å². The summed E-state index contributed by atoms with van der Waals surface area (Å²) in [7, 11) is -1.18. The molecule has 2 heteroatoms. The van der Waals surface area contributed by atoms with E-state index in [1.165, 1.54) is 0 Å². The monoisotopic (exact) mass is 167 g/mol. The molecule has 0 aliphatic heterocycles. The van der Waals surface area contributed by atoms with Crippen molar-refractivity contribution in [3.8, 4) is 11.5 Å². The Kier molecular flexibility index (Phi) is 4.13. The molecule has 0 atom stereocenters. The second-order valence-corrected chi connectivity index (χ2v) is 8.64. The van der Waals surface area contributed by atoms with Crippen molar-refractivity contribution < 1.29 is 0 Å². The van der Waals surface area contributed by atoms with E-state index in [0.29, 0.717) is 6.04 Å². The third-order valence-corrected chi connectivity index (χ3v) is 1.78. The van der Waals surface area contributed by atoms with Crippen molar-refractivity contribution in [2.75, 3.05) is 0 Å². The summed E-state index contributed by atoms with van der Waals surface area (Å²) < 4.78 is 0. The van der Waals surface area contributed by atoms with E-state index in [9.17, 15) is 0 Å². The molecule has 0 radical (unpaired) electrons. The van der Waals surface area contributed by atoms with E-state index in [1.807, 2.05) is 13.8 Å². The Hall–Kier alpha value is -0.553. The number of hydrogen-bond acceptors (Lipinski definition) is 1. The van der Waals surface area contributed by atoms with Gasteiger partial charge in [0, 0.05) is 6.04 Å². The summed E-state index contributed by atoms with van der Waals surface area (Å²) in [6.07, 6.45) is 1.73. The second kappa shape index (κ2) is 4.35. The Morgan fingerprint density at radius 3 is 2.18 bits per heavy atom. The van der Waals surface area contributed by atoms with Crippen molar-refractivity contribution in [1.29, 1.82) is 0 Å². The van der Waals surface area contributed by atoms with Gasteiger partial charge in [-0.3, -0.25) is 4.99 Å². The van der Waals surface area contributed by atoms with Gasteiger partial charge in [0.2, 0.25) is 0 Å². The molecule has 0 amide bonds. The molecule has 0 spiro atoms. The van der Waals surface area contributed by atoms with Crippen LogP contribution in [0.5, 0.6) is 0 Å². The van der Waals surface area contributed by atoms with Gasteiger partial charge >= 0.3 is 0 Å². The molecule has 11 heavy (non-hydrogen) atoms. The Morgan fingerprint density at radius 2 is 1.82 bits per heavy atom. The smallest absolute Gasteiger partial charge is 0.129 e. The highest BCUT2D eigenvalue weighted by Gasteiger charge is 2.06. The van der Waals surface area contributed by atoms with Gasteiger partial charge in [0.1, 0.15) is 8.07 Å². The molecule has 0 heterocycles. The van der Waals surface area contributed by atoms with E-state index in [4.69, 9.17) is 0 Å². The van der Waals surface area contributed by atoms with E-state index >= 15 is 0 Å². The maximum absolute atomic E-state index is 4.15. The third-order valence-electron chi connectivity index (χ3n) is 0.884. The summed E-state index contributed by atoms with van der Waals surface area (Å²) in [6, 6.07) is 0.367. The molecule has 0 saturated heterocycles. The van der Waals surface area contributed by atoms with Gasteiger partial charge in [0.15, 0.2) is 0 Å². The van der Waals surface area contributed by atoms with Crippen molar-refractivity contribution in [2.24, 2.45) is 4.99 Å². The van der Waals surface area contributed by atoms with Crippen LogP contribution in [-0.4, -0.2) is 20.3 Å². The lowest BCUT2D eigenvalue weighted by atomic mass is 10.4. The number of hydrogen-bond donors (Lipinski definition) is 0. The Balaban J connectivity index is 3.92. The molecule has 0 aromatic rings. The average molecular weight is 167 g/mol. The van der Waals surface area contributed by atoms with Crippen LogP contribution >= 0.6 is 0 Å². The van der Waals surface area contributed by atoms with Gasteiger partial charge in [-0.25, -0.2) is 0 Å². The van der Waals surface area contributed by atoms with Gasteiger partial charge in [0.05, 0.1) is 6.21 Å². The number of aliphatic imine (C=N–C) groups is 1. The van der Waals surface area contributed by atoms with E-state index in [0.717, 1.165) is 0 Å². The van der Waals surface area contributed by atoms with Crippen LogP contribution in [0.25, 0.3) is 0 Å². The van der Waals surface area contributed by atoms with Crippen molar-refractivity contribution >= 4 is 14.3 Å². The van der Waals surface area contributed by atoms with Crippen molar-refractivity contribution in [2.45, 2.75) is 39.5 Å². The molecule has 1 nitrogen and oxygen atoms in total. The fourth-order valence-corrected chi connectivity index (χ4v) is 0.933. The minimum Gasteiger partial charge on any atom is -0.281 e. The fraction of sp³-hybridized carbons (Fsp3) is 0.667. The topological polar surface area (TPSA) is 12.4 Å². The molecule has 0 bridgehead atoms. The van der Waals surface area contributed by atoms with Gasteiger partial charge in [-0.05, 0) is 13.8 Å². The lowest BCUT2D eigenvalue weighted by Crippen LogP contribution is -2.16. The number of rotatable bonds is 1. The SMILES string of the molecule is CC(C)N=CC#C[Si](C)(C)C. The van der Waals surface area contributed by atoms with Crippen molar-refractivity contribution in [1.82, 2.24) is 0 Å². The zero-order chi connectivity index (χ0) is 8.91. The van der Waals surface area contributed by atoms with Crippen LogP contribution in [0.1, 0.15) is 13.8 Å². The molecule has 0 N–H and O–H groups in total. The minimum absolute atomic E-state index is 0.367. The zero-order valence-electron chi connectivity index (χ0n) is 8.10. The molecular weight excluding hydrogens is 150 g/mol. The summed E-state index contributed by atoms with van der Waals surface area (Å²) in [5, 5.41) is 0. The standard InChI is InChI=1S/C9H17NSi/c1-9(2)10-7-6-8-11(3,4)5/h7,9H,1-5H3. The molecule has 0 saturated carbocycles. The molecule has 0 rings (SSSR count). The lowest BCUT2D eigenvalue weighted by Gasteiger charge is -2.02. The maximum atomic E-state index is 4.15. The van der Waals surface area contributed by atoms with Crippen LogP contribution in [0.2, 0.25) is 19.6 Å². The molecule has 0 aromatic carbocycles. The lowest BCUT2D eigenvalue weighted by molar-refractivity contribution is 0.842. The summed E-state index contributed by atoms with van der Waals surface area (Å²) >= 11 is 0. The van der Waals surface area contributed by atoms with Crippen LogP contribution in [0, 0.1) is 11.5 Å². The predicted octanol–water partition coefficient (Wildman–Crippen LogP) is 2.35. The summed E-state index contributed by atoms with van der Waals surface area (Å²) in [5.41, 5.74) is 3.22. The van der Waals surface area contributed by atoms with E-state index in [2.05, 4.69) is 36.1 Å². The van der Waals surface area contributed by atoms with Crippen LogP contribution in [0.3, 0.4) is 0 Å². The molecule has 0 aliphatic rings. The number of nitrogens with zero attached hydrogens (tertiary/aromatic N) is 1. The summed E-state index contributed by atoms with van der Waals surface area (Å²) in [6.45, 7) is 10.8. The minimum atomic E-state index is -1.18. The molecule has 0 aliphatic carbocycles. The van der Waals surface area contributed by atoms with E-state index in [-0.39, 0.29) is 0 Å². The first-order valence-corrected chi connectivity index (χ1v) is 7.46. The first-order chi connectivity index (χ1) is 4.92. The van der Waals surface area contributed by atoms with E-state index in [1.54, 1.807) is 6.21 Å². The Bertz CT molecular complexity index is 188. The molecular formula is C9H17NSi. The van der Waals surface area contributed by atoms with Gasteiger partial charge in [-0.15, -0.1) is 5.54 Å².